The molecule has 1 amide bonds. The summed E-state index contributed by atoms with van der Waals surface area (Å²) < 4.78 is 40.3. The quantitative estimate of drug-likeness (QED) is 0.857. The van der Waals surface area contributed by atoms with Gasteiger partial charge in [-0.3, -0.25) is 9.59 Å². The van der Waals surface area contributed by atoms with Crippen LogP contribution in [0.4, 0.5) is 18.9 Å². The molecule has 0 fully saturated rings. The Hall–Kier alpha value is -2.57. The predicted molar refractivity (Wildman–Crippen MR) is 66.0 cm³/mol. The zero-order chi connectivity index (χ0) is 14.9. The van der Waals surface area contributed by atoms with E-state index in [2.05, 4.69) is 0 Å². The van der Waals surface area contributed by atoms with Crippen LogP contribution in [0.2, 0.25) is 0 Å². The third kappa shape index (κ3) is 2.42. The van der Waals surface area contributed by atoms with Gasteiger partial charge in [0.05, 0.1) is 5.69 Å². The number of carbonyl (C=O) groups excluding carboxylic acids is 1. The molecule has 2 aromatic rings. The van der Waals surface area contributed by atoms with Gasteiger partial charge >= 0.3 is 0 Å². The van der Waals surface area contributed by atoms with Crippen molar-refractivity contribution in [2.75, 3.05) is 5.32 Å². The molecule has 0 aliphatic carbocycles. The Morgan fingerprint density at radius 3 is 2.55 bits per heavy atom. The molecule has 0 aliphatic heterocycles. The smallest absolute Gasteiger partial charge is 0.263 e. The second kappa shape index (κ2) is 5.20. The van der Waals surface area contributed by atoms with E-state index in [1.165, 1.54) is 25.4 Å². The van der Waals surface area contributed by atoms with Crippen molar-refractivity contribution < 1.29 is 18.0 Å². The highest BCUT2D eigenvalue weighted by Crippen LogP contribution is 2.19. The zero-order valence-electron chi connectivity index (χ0n) is 10.3. The molecule has 0 aliphatic rings. The Bertz CT molecular complexity index is 741. The van der Waals surface area contributed by atoms with Gasteiger partial charge in [0, 0.05) is 13.2 Å². The van der Waals surface area contributed by atoms with Gasteiger partial charge in [-0.25, -0.2) is 13.2 Å². The molecule has 1 N–H and O–H groups in total. The summed E-state index contributed by atoms with van der Waals surface area (Å²) in [4.78, 5) is 23.5. The Morgan fingerprint density at radius 2 is 1.85 bits per heavy atom. The van der Waals surface area contributed by atoms with Gasteiger partial charge in [-0.05, 0) is 24.3 Å². The summed E-state index contributed by atoms with van der Waals surface area (Å²) in [5, 5.41) is 2.03. The standard InChI is InChI=1S/C13H9F3N2O2/c1-18-6-2-3-7(13(18)20)12(19)17-9-5-4-8(14)10(15)11(9)16/h2-6H,1H3,(H,17,19). The number of aromatic nitrogens is 1. The summed E-state index contributed by atoms with van der Waals surface area (Å²) in [7, 11) is 1.44. The largest absolute Gasteiger partial charge is 0.319 e. The number of nitrogens with zero attached hydrogens (tertiary/aromatic N) is 1. The van der Waals surface area contributed by atoms with Gasteiger partial charge in [-0.1, -0.05) is 0 Å². The molecular formula is C13H9F3N2O2. The van der Waals surface area contributed by atoms with E-state index in [1.54, 1.807) is 0 Å². The summed E-state index contributed by atoms with van der Waals surface area (Å²) in [5.74, 6) is -5.48. The van der Waals surface area contributed by atoms with Gasteiger partial charge in [-0.2, -0.15) is 0 Å². The molecule has 0 bridgehead atoms. The molecule has 0 saturated heterocycles. The van der Waals surface area contributed by atoms with Crippen molar-refractivity contribution in [3.8, 4) is 0 Å². The minimum absolute atomic E-state index is 0.237. The van der Waals surface area contributed by atoms with Crippen molar-refractivity contribution in [1.29, 1.82) is 0 Å². The van der Waals surface area contributed by atoms with Crippen LogP contribution in [-0.2, 0) is 7.05 Å². The Morgan fingerprint density at radius 1 is 1.15 bits per heavy atom. The molecule has 20 heavy (non-hydrogen) atoms. The van der Waals surface area contributed by atoms with Gasteiger partial charge in [-0.15, -0.1) is 0 Å². The van der Waals surface area contributed by atoms with E-state index < -0.39 is 34.6 Å². The fourth-order valence-corrected chi connectivity index (χ4v) is 1.58. The molecule has 0 saturated carbocycles. The number of benzene rings is 1. The number of nitrogens with one attached hydrogen (secondary N) is 1. The van der Waals surface area contributed by atoms with Gasteiger partial charge < -0.3 is 9.88 Å². The van der Waals surface area contributed by atoms with Gasteiger partial charge in [0.2, 0.25) is 0 Å². The van der Waals surface area contributed by atoms with Crippen LogP contribution >= 0.6 is 0 Å². The molecule has 0 atom stereocenters. The number of carbonyl (C=O) groups is 1. The van der Waals surface area contributed by atoms with Crippen LogP contribution in [0, 0.1) is 17.5 Å². The van der Waals surface area contributed by atoms with E-state index >= 15 is 0 Å². The number of pyridine rings is 1. The second-order valence-electron chi connectivity index (χ2n) is 4.01. The fraction of sp³-hybridized carbons (Fsp3) is 0.0769. The van der Waals surface area contributed by atoms with Crippen LogP contribution in [0.25, 0.3) is 0 Å². The summed E-state index contributed by atoms with van der Waals surface area (Å²) in [6.45, 7) is 0. The molecule has 104 valence electrons. The average molecular weight is 282 g/mol. The first-order valence-electron chi connectivity index (χ1n) is 5.52. The van der Waals surface area contributed by atoms with Crippen molar-refractivity contribution in [2.45, 2.75) is 0 Å². The maximum absolute atomic E-state index is 13.4. The maximum atomic E-state index is 13.4. The lowest BCUT2D eigenvalue weighted by molar-refractivity contribution is 0.102. The lowest BCUT2D eigenvalue weighted by Gasteiger charge is -2.07. The summed E-state index contributed by atoms with van der Waals surface area (Å²) >= 11 is 0. The number of rotatable bonds is 2. The van der Waals surface area contributed by atoms with Crippen molar-refractivity contribution >= 4 is 11.6 Å². The highest BCUT2D eigenvalue weighted by molar-refractivity contribution is 6.04. The second-order valence-corrected chi connectivity index (χ2v) is 4.01. The topological polar surface area (TPSA) is 51.1 Å². The van der Waals surface area contributed by atoms with Crippen LogP contribution in [0.3, 0.4) is 0 Å². The molecule has 1 heterocycles. The van der Waals surface area contributed by atoms with E-state index in [4.69, 9.17) is 0 Å². The zero-order valence-corrected chi connectivity index (χ0v) is 10.3. The number of hydrogen-bond acceptors (Lipinski definition) is 2. The van der Waals surface area contributed by atoms with E-state index in [0.29, 0.717) is 6.07 Å². The van der Waals surface area contributed by atoms with Crippen molar-refractivity contribution in [1.82, 2.24) is 4.57 Å². The molecule has 0 unspecified atom stereocenters. The molecule has 1 aromatic heterocycles. The van der Waals surface area contributed by atoms with Crippen LogP contribution in [-0.4, -0.2) is 10.5 Å². The van der Waals surface area contributed by atoms with Gasteiger partial charge in [0.1, 0.15) is 5.56 Å². The summed E-state index contributed by atoms with van der Waals surface area (Å²) in [6, 6.07) is 4.25. The van der Waals surface area contributed by atoms with Crippen LogP contribution in [0.1, 0.15) is 10.4 Å². The molecule has 0 radical (unpaired) electrons. The first-order chi connectivity index (χ1) is 9.41. The maximum Gasteiger partial charge on any atom is 0.263 e. The van der Waals surface area contributed by atoms with Gasteiger partial charge in [0.25, 0.3) is 11.5 Å². The average Bonchev–Trinajstić information content (AvgIpc) is 2.42. The van der Waals surface area contributed by atoms with Crippen LogP contribution in [0.5, 0.6) is 0 Å². The van der Waals surface area contributed by atoms with Crippen molar-refractivity contribution in [2.24, 2.45) is 7.05 Å². The third-order valence-corrected chi connectivity index (χ3v) is 2.65. The molecule has 7 heteroatoms. The van der Waals surface area contributed by atoms with Crippen LogP contribution in [0.15, 0.2) is 35.3 Å². The predicted octanol–water partition coefficient (Wildman–Crippen LogP) is 2.05. The molecule has 0 spiro atoms. The van der Waals surface area contributed by atoms with Crippen LogP contribution < -0.4 is 10.9 Å². The normalized spacial score (nSPS) is 10.4. The first kappa shape index (κ1) is 13.9. The monoisotopic (exact) mass is 282 g/mol. The molecular weight excluding hydrogens is 273 g/mol. The van der Waals surface area contributed by atoms with E-state index in [-0.39, 0.29) is 5.56 Å². The summed E-state index contributed by atoms with van der Waals surface area (Å²) in [6.07, 6.45) is 1.44. The van der Waals surface area contributed by atoms with E-state index in [0.717, 1.165) is 10.6 Å². The lowest BCUT2D eigenvalue weighted by Crippen LogP contribution is -2.27. The van der Waals surface area contributed by atoms with E-state index in [1.807, 2.05) is 5.32 Å². The fourth-order valence-electron chi connectivity index (χ4n) is 1.58. The van der Waals surface area contributed by atoms with Crippen molar-refractivity contribution in [3.05, 3.63) is 63.8 Å². The molecule has 1 aromatic carbocycles. The number of halogens is 3. The highest BCUT2D eigenvalue weighted by Gasteiger charge is 2.17. The number of anilines is 1. The SMILES string of the molecule is Cn1cccc(C(=O)Nc2ccc(F)c(F)c2F)c1=O. The minimum Gasteiger partial charge on any atom is -0.319 e. The lowest BCUT2D eigenvalue weighted by atomic mass is 10.2. The summed E-state index contributed by atoms with van der Waals surface area (Å²) in [5.41, 5.74) is -1.37. The first-order valence-corrected chi connectivity index (χ1v) is 5.52. The Labute approximate surface area is 111 Å². The number of aryl methyl sites for hydroxylation is 1. The minimum atomic E-state index is -1.69. The Kier molecular flexibility index (Phi) is 3.60. The number of hydrogen-bond donors (Lipinski definition) is 1. The van der Waals surface area contributed by atoms with Gasteiger partial charge in [0.15, 0.2) is 17.5 Å². The van der Waals surface area contributed by atoms with E-state index in [9.17, 15) is 22.8 Å². The third-order valence-electron chi connectivity index (χ3n) is 2.65. The number of amides is 1. The van der Waals surface area contributed by atoms with Crippen molar-refractivity contribution in [3.63, 3.8) is 0 Å². The Balaban J connectivity index is 2.36. The molecule has 4 nitrogen and oxygen atoms in total. The molecule has 2 rings (SSSR count). The highest BCUT2D eigenvalue weighted by atomic mass is 19.2.